The number of rotatable bonds is 1. The molecule has 0 spiro atoms. The highest BCUT2D eigenvalue weighted by Crippen LogP contribution is 2.20. The summed E-state index contributed by atoms with van der Waals surface area (Å²) in [6.07, 6.45) is 0.754. The largest absolute Gasteiger partial charge is 0.298 e. The number of benzene rings is 1. The first-order chi connectivity index (χ1) is 4.75. The minimum Gasteiger partial charge on any atom is -0.298 e. The van der Waals surface area contributed by atoms with Crippen molar-refractivity contribution in [2.45, 2.75) is 0 Å². The van der Waals surface area contributed by atoms with Gasteiger partial charge in [-0.3, -0.25) is 4.79 Å². The van der Waals surface area contributed by atoms with Gasteiger partial charge in [-0.05, 0) is 28.7 Å². The predicted octanol–water partition coefficient (Wildman–Crippen LogP) is 2.76. The summed E-state index contributed by atoms with van der Waals surface area (Å²) in [6.45, 7) is 0. The lowest BCUT2D eigenvalue weighted by molar-refractivity contribution is 0.112. The molecule has 0 radical (unpaired) electrons. The van der Waals surface area contributed by atoms with E-state index < -0.39 is 0 Å². The van der Waals surface area contributed by atoms with Gasteiger partial charge in [-0.25, -0.2) is 0 Å². The van der Waals surface area contributed by atoms with E-state index in [-0.39, 0.29) is 0 Å². The summed E-state index contributed by atoms with van der Waals surface area (Å²) < 4.78 is 0.906. The number of carbonyl (C=O) groups excluding carboxylic acids is 1. The van der Waals surface area contributed by atoms with Gasteiger partial charge >= 0.3 is 0 Å². The van der Waals surface area contributed by atoms with Crippen molar-refractivity contribution in [2.24, 2.45) is 0 Å². The molecular formula is C7H4ClIO. The number of halogens is 2. The van der Waals surface area contributed by atoms with E-state index in [4.69, 9.17) is 11.6 Å². The van der Waals surface area contributed by atoms with Gasteiger partial charge in [0.15, 0.2) is 6.29 Å². The second-order valence-electron chi connectivity index (χ2n) is 1.76. The smallest absolute Gasteiger partial charge is 0.151 e. The summed E-state index contributed by atoms with van der Waals surface area (Å²) in [5.74, 6) is 0. The number of carbonyl (C=O) groups is 1. The predicted molar refractivity (Wildman–Crippen MR) is 49.6 cm³/mol. The molecule has 52 valence electrons. The van der Waals surface area contributed by atoms with Gasteiger partial charge in [-0.1, -0.05) is 23.7 Å². The topological polar surface area (TPSA) is 17.1 Å². The van der Waals surface area contributed by atoms with Crippen LogP contribution >= 0.6 is 34.2 Å². The second kappa shape index (κ2) is 3.34. The van der Waals surface area contributed by atoms with Crippen molar-refractivity contribution in [3.63, 3.8) is 0 Å². The van der Waals surface area contributed by atoms with Gasteiger partial charge in [0.2, 0.25) is 0 Å². The Bertz CT molecular complexity index is 260. The molecule has 0 aliphatic rings. The Kier molecular flexibility index (Phi) is 2.68. The Morgan fingerprint density at radius 2 is 2.20 bits per heavy atom. The zero-order valence-corrected chi connectivity index (χ0v) is 7.89. The standard InChI is InChI=1S/C7H4ClIO/c8-7-5(4-10)2-1-3-6(7)9/h1-4H. The number of aldehydes is 1. The van der Waals surface area contributed by atoms with E-state index in [1.165, 1.54) is 0 Å². The van der Waals surface area contributed by atoms with Crippen molar-refractivity contribution in [1.29, 1.82) is 0 Å². The van der Waals surface area contributed by atoms with Crippen LogP contribution in [-0.4, -0.2) is 6.29 Å². The molecule has 1 rings (SSSR count). The highest BCUT2D eigenvalue weighted by molar-refractivity contribution is 14.1. The normalized spacial score (nSPS) is 9.40. The average Bonchev–Trinajstić information content (AvgIpc) is 1.95. The van der Waals surface area contributed by atoms with Crippen LogP contribution in [0.25, 0.3) is 0 Å². The number of hydrogen-bond acceptors (Lipinski definition) is 1. The van der Waals surface area contributed by atoms with Crippen molar-refractivity contribution >= 4 is 40.5 Å². The Labute approximate surface area is 77.5 Å². The molecule has 0 fully saturated rings. The van der Waals surface area contributed by atoms with Gasteiger partial charge in [0.25, 0.3) is 0 Å². The van der Waals surface area contributed by atoms with Crippen LogP contribution in [-0.2, 0) is 0 Å². The zero-order chi connectivity index (χ0) is 7.56. The molecule has 0 aliphatic carbocycles. The van der Waals surface area contributed by atoms with Crippen molar-refractivity contribution in [3.05, 3.63) is 32.4 Å². The summed E-state index contributed by atoms with van der Waals surface area (Å²) in [6, 6.07) is 5.35. The summed E-state index contributed by atoms with van der Waals surface area (Å²) >= 11 is 7.84. The SMILES string of the molecule is O=Cc1cccc(I)c1Cl. The van der Waals surface area contributed by atoms with Gasteiger partial charge in [0.05, 0.1) is 5.02 Å². The van der Waals surface area contributed by atoms with Gasteiger partial charge in [0.1, 0.15) is 0 Å². The minimum absolute atomic E-state index is 0.540. The lowest BCUT2D eigenvalue weighted by atomic mass is 10.2. The van der Waals surface area contributed by atoms with Crippen LogP contribution in [0.1, 0.15) is 10.4 Å². The van der Waals surface area contributed by atoms with E-state index >= 15 is 0 Å². The maximum absolute atomic E-state index is 10.3. The first-order valence-corrected chi connectivity index (χ1v) is 4.10. The number of hydrogen-bond donors (Lipinski definition) is 0. The molecule has 0 amide bonds. The quantitative estimate of drug-likeness (QED) is 0.564. The maximum Gasteiger partial charge on any atom is 0.151 e. The molecule has 0 unspecified atom stereocenters. The molecule has 0 heterocycles. The van der Waals surface area contributed by atoms with E-state index in [1.807, 2.05) is 6.07 Å². The van der Waals surface area contributed by atoms with Crippen LogP contribution < -0.4 is 0 Å². The van der Waals surface area contributed by atoms with Crippen LogP contribution in [0, 0.1) is 3.57 Å². The van der Waals surface area contributed by atoms with Crippen LogP contribution in [0.5, 0.6) is 0 Å². The third-order valence-corrected chi connectivity index (χ3v) is 2.75. The highest BCUT2D eigenvalue weighted by atomic mass is 127. The monoisotopic (exact) mass is 266 g/mol. The first kappa shape index (κ1) is 8.01. The molecule has 0 N–H and O–H groups in total. The summed E-state index contributed by atoms with van der Waals surface area (Å²) in [4.78, 5) is 10.3. The molecule has 0 saturated heterocycles. The van der Waals surface area contributed by atoms with Crippen molar-refractivity contribution in [2.75, 3.05) is 0 Å². The molecule has 10 heavy (non-hydrogen) atoms. The van der Waals surface area contributed by atoms with E-state index in [0.717, 1.165) is 9.86 Å². The van der Waals surface area contributed by atoms with E-state index in [0.29, 0.717) is 10.6 Å². The zero-order valence-electron chi connectivity index (χ0n) is 4.97. The molecule has 1 aromatic rings. The van der Waals surface area contributed by atoms with Crippen LogP contribution in [0.2, 0.25) is 5.02 Å². The average molecular weight is 266 g/mol. The molecule has 0 aliphatic heterocycles. The van der Waals surface area contributed by atoms with Crippen LogP contribution in [0.3, 0.4) is 0 Å². The fourth-order valence-corrected chi connectivity index (χ4v) is 1.30. The van der Waals surface area contributed by atoms with E-state index in [9.17, 15) is 4.79 Å². The van der Waals surface area contributed by atoms with Gasteiger partial charge in [0, 0.05) is 9.13 Å². The highest BCUT2D eigenvalue weighted by Gasteiger charge is 2.00. The molecule has 1 aromatic carbocycles. The van der Waals surface area contributed by atoms with E-state index in [2.05, 4.69) is 22.6 Å². The fraction of sp³-hybridized carbons (Fsp3) is 0. The molecule has 0 aromatic heterocycles. The van der Waals surface area contributed by atoms with Crippen molar-refractivity contribution < 1.29 is 4.79 Å². The van der Waals surface area contributed by atoms with Gasteiger partial charge < -0.3 is 0 Å². The van der Waals surface area contributed by atoms with E-state index in [1.54, 1.807) is 12.1 Å². The lowest BCUT2D eigenvalue weighted by Crippen LogP contribution is -1.83. The van der Waals surface area contributed by atoms with Crippen molar-refractivity contribution in [3.8, 4) is 0 Å². The Morgan fingerprint density at radius 3 is 2.70 bits per heavy atom. The summed E-state index contributed by atoms with van der Waals surface area (Å²) in [5, 5.41) is 0.540. The Hall–Kier alpha value is -0.0900. The molecule has 3 heteroatoms. The summed E-state index contributed by atoms with van der Waals surface area (Å²) in [7, 11) is 0. The van der Waals surface area contributed by atoms with Crippen LogP contribution in [0.4, 0.5) is 0 Å². The molecule has 0 saturated carbocycles. The van der Waals surface area contributed by atoms with Gasteiger partial charge in [-0.15, -0.1) is 0 Å². The van der Waals surface area contributed by atoms with Crippen LogP contribution in [0.15, 0.2) is 18.2 Å². The lowest BCUT2D eigenvalue weighted by Gasteiger charge is -1.95. The fourth-order valence-electron chi connectivity index (χ4n) is 0.611. The molecule has 1 nitrogen and oxygen atoms in total. The first-order valence-electron chi connectivity index (χ1n) is 2.65. The Balaban J connectivity index is 3.27. The molecule has 0 bridgehead atoms. The van der Waals surface area contributed by atoms with Gasteiger partial charge in [-0.2, -0.15) is 0 Å². The third kappa shape index (κ3) is 1.49. The molecule has 0 atom stereocenters. The molecular weight excluding hydrogens is 262 g/mol. The Morgan fingerprint density at radius 1 is 1.50 bits per heavy atom. The summed E-state index contributed by atoms with van der Waals surface area (Å²) in [5.41, 5.74) is 0.550. The second-order valence-corrected chi connectivity index (χ2v) is 3.30. The third-order valence-electron chi connectivity index (χ3n) is 1.11. The maximum atomic E-state index is 10.3. The minimum atomic E-state index is 0.540. The van der Waals surface area contributed by atoms with Crippen molar-refractivity contribution in [1.82, 2.24) is 0 Å².